The van der Waals surface area contributed by atoms with Gasteiger partial charge in [0.15, 0.2) is 0 Å². The van der Waals surface area contributed by atoms with E-state index in [9.17, 15) is 0 Å². The summed E-state index contributed by atoms with van der Waals surface area (Å²) in [6.07, 6.45) is 12.5. The second-order valence-electron chi connectivity index (χ2n) is 7.26. The summed E-state index contributed by atoms with van der Waals surface area (Å²) in [6, 6.07) is 0. The first-order chi connectivity index (χ1) is 10.1. The normalized spacial score (nSPS) is 22.8. The Bertz CT molecular complexity index is 289. The van der Waals surface area contributed by atoms with E-state index in [0.717, 1.165) is 5.92 Å². The molecule has 0 saturated carbocycles. The molecule has 0 N–H and O–H groups in total. The number of rotatable bonds is 10. The summed E-state index contributed by atoms with van der Waals surface area (Å²) < 4.78 is 12.6. The Morgan fingerprint density at radius 3 is 1.81 bits per heavy atom. The van der Waals surface area contributed by atoms with Gasteiger partial charge in [-0.25, -0.2) is 0 Å². The molecule has 124 valence electrons. The third-order valence-corrected chi connectivity index (χ3v) is 20.0. The summed E-state index contributed by atoms with van der Waals surface area (Å²) in [5.41, 5.74) is 0. The van der Waals surface area contributed by atoms with Gasteiger partial charge in [-0.05, 0) is 0 Å². The van der Waals surface area contributed by atoms with Gasteiger partial charge in [0, 0.05) is 0 Å². The molecule has 1 aliphatic heterocycles. The molecule has 1 aliphatic rings. The van der Waals surface area contributed by atoms with E-state index in [0.29, 0.717) is 6.10 Å². The molecule has 21 heavy (non-hydrogen) atoms. The molecule has 1 nitrogen and oxygen atoms in total. The van der Waals surface area contributed by atoms with Crippen LogP contribution in [0, 0.1) is 5.92 Å². The van der Waals surface area contributed by atoms with Crippen molar-refractivity contribution in [2.24, 2.45) is 5.92 Å². The molecule has 0 fully saturated rings. The Labute approximate surface area is 137 Å². The Balaban J connectivity index is 2.99. The summed E-state index contributed by atoms with van der Waals surface area (Å²) in [7, 11) is 0. The molecule has 0 aromatic carbocycles. The number of ether oxygens (including phenoxy) is 1. The molecule has 0 radical (unpaired) electrons. The van der Waals surface area contributed by atoms with Gasteiger partial charge >= 0.3 is 138 Å². The average molecular weight is 401 g/mol. The van der Waals surface area contributed by atoms with Gasteiger partial charge in [0.1, 0.15) is 0 Å². The van der Waals surface area contributed by atoms with E-state index < -0.39 is 18.4 Å². The topological polar surface area (TPSA) is 9.23 Å². The van der Waals surface area contributed by atoms with E-state index in [-0.39, 0.29) is 0 Å². The molecular weight excluding hydrogens is 363 g/mol. The van der Waals surface area contributed by atoms with Crippen LogP contribution >= 0.6 is 0 Å². The van der Waals surface area contributed by atoms with Crippen molar-refractivity contribution < 1.29 is 4.74 Å². The van der Waals surface area contributed by atoms with E-state index in [1.807, 2.05) is 0 Å². The number of allylic oxidation sites excluding steroid dienone is 1. The van der Waals surface area contributed by atoms with Crippen LogP contribution < -0.4 is 0 Å². The molecule has 0 aromatic heterocycles. The van der Waals surface area contributed by atoms with Crippen molar-refractivity contribution in [1.82, 2.24) is 0 Å². The third-order valence-electron chi connectivity index (χ3n) is 5.02. The predicted molar refractivity (Wildman–Crippen MR) is 97.3 cm³/mol. The van der Waals surface area contributed by atoms with Crippen molar-refractivity contribution in [2.75, 3.05) is 0 Å². The predicted octanol–water partition coefficient (Wildman–Crippen LogP) is 6.70. The van der Waals surface area contributed by atoms with Gasteiger partial charge in [-0.15, -0.1) is 0 Å². The zero-order chi connectivity index (χ0) is 15.7. The van der Waals surface area contributed by atoms with Crippen LogP contribution in [0.15, 0.2) is 9.85 Å². The second-order valence-corrected chi connectivity index (χ2v) is 20.3. The first-order valence-corrected chi connectivity index (χ1v) is 16.9. The van der Waals surface area contributed by atoms with E-state index in [1.54, 1.807) is 3.78 Å². The van der Waals surface area contributed by atoms with E-state index in [4.69, 9.17) is 4.74 Å². The molecule has 0 spiro atoms. The van der Waals surface area contributed by atoms with Crippen LogP contribution in [0.1, 0.15) is 79.6 Å². The zero-order valence-corrected chi connectivity index (χ0v) is 18.1. The van der Waals surface area contributed by atoms with Crippen LogP contribution in [0.3, 0.4) is 0 Å². The molecule has 0 saturated heterocycles. The third kappa shape index (κ3) is 6.15. The van der Waals surface area contributed by atoms with Crippen LogP contribution in [0.2, 0.25) is 13.3 Å². The molecule has 1 heterocycles. The van der Waals surface area contributed by atoms with Gasteiger partial charge in [-0.2, -0.15) is 0 Å². The molecule has 1 rings (SSSR count). The van der Waals surface area contributed by atoms with Gasteiger partial charge in [0.2, 0.25) is 0 Å². The molecule has 2 atom stereocenters. The summed E-state index contributed by atoms with van der Waals surface area (Å²) in [5.74, 6) is 0.727. The summed E-state index contributed by atoms with van der Waals surface area (Å²) in [6.45, 7) is 11.7. The Kier molecular flexibility index (Phi) is 9.39. The average Bonchev–Trinajstić information content (AvgIpc) is 2.46. The van der Waals surface area contributed by atoms with Gasteiger partial charge in [0.05, 0.1) is 0 Å². The van der Waals surface area contributed by atoms with Crippen molar-refractivity contribution in [1.29, 1.82) is 0 Å². The van der Waals surface area contributed by atoms with Crippen LogP contribution in [0.4, 0.5) is 0 Å². The van der Waals surface area contributed by atoms with Crippen LogP contribution in [-0.4, -0.2) is 24.5 Å². The fourth-order valence-corrected chi connectivity index (χ4v) is 19.9. The molecule has 0 bridgehead atoms. The van der Waals surface area contributed by atoms with Gasteiger partial charge in [0.25, 0.3) is 0 Å². The van der Waals surface area contributed by atoms with Crippen LogP contribution in [-0.2, 0) is 4.74 Å². The SMILES string of the molecule is CCC[CH2][Sn]([CH2]CCC)([CH2]CCC)[C]1=C[C@H](C)C[C@H](C)O1. The van der Waals surface area contributed by atoms with Crippen molar-refractivity contribution in [2.45, 2.75) is 99.0 Å². The molecular formula is C19H38OSn. The van der Waals surface area contributed by atoms with E-state index in [1.165, 1.54) is 58.3 Å². The fourth-order valence-electron chi connectivity index (χ4n) is 3.75. The summed E-state index contributed by atoms with van der Waals surface area (Å²) >= 11 is -2.29. The Hall–Kier alpha value is 0.339. The quantitative estimate of drug-likeness (QED) is 0.370. The Morgan fingerprint density at radius 2 is 1.43 bits per heavy atom. The summed E-state index contributed by atoms with van der Waals surface area (Å²) in [4.78, 5) is 0. The second kappa shape index (κ2) is 10.2. The first-order valence-electron chi connectivity index (χ1n) is 9.47. The van der Waals surface area contributed by atoms with E-state index in [2.05, 4.69) is 40.7 Å². The maximum absolute atomic E-state index is 6.47. The van der Waals surface area contributed by atoms with Gasteiger partial charge in [-0.1, -0.05) is 0 Å². The fraction of sp³-hybridized carbons (Fsp3) is 0.895. The zero-order valence-electron chi connectivity index (χ0n) is 15.2. The van der Waals surface area contributed by atoms with Crippen LogP contribution in [0.25, 0.3) is 0 Å². The summed E-state index contributed by atoms with van der Waals surface area (Å²) in [5, 5.41) is 0. The minimum absolute atomic E-state index is 0.445. The maximum atomic E-state index is 6.47. The molecule has 0 aromatic rings. The molecule has 2 heteroatoms. The van der Waals surface area contributed by atoms with Crippen molar-refractivity contribution in [3.05, 3.63) is 9.85 Å². The number of unbranched alkanes of at least 4 members (excludes halogenated alkanes) is 3. The number of hydrogen-bond acceptors (Lipinski definition) is 1. The standard InChI is InChI=1S/C7H11O.3C4H9.Sn/c1-6-3-4-8-7(2)5-6;3*1-3-4-2;/h3,6-7H,5H2,1-2H3;3*1,3-4H2,2H3;/t6-,7-;;;;/m0..../s1. The van der Waals surface area contributed by atoms with Gasteiger partial charge in [-0.3, -0.25) is 0 Å². The Morgan fingerprint density at radius 1 is 0.952 bits per heavy atom. The van der Waals surface area contributed by atoms with Crippen molar-refractivity contribution in [3.8, 4) is 0 Å². The van der Waals surface area contributed by atoms with Crippen molar-refractivity contribution >= 4 is 18.4 Å². The van der Waals surface area contributed by atoms with Gasteiger partial charge < -0.3 is 0 Å². The first kappa shape index (κ1) is 19.4. The van der Waals surface area contributed by atoms with Crippen LogP contribution in [0.5, 0.6) is 0 Å². The molecule has 0 aliphatic carbocycles. The monoisotopic (exact) mass is 402 g/mol. The molecule has 0 unspecified atom stereocenters. The minimum atomic E-state index is -2.29. The number of hydrogen-bond donors (Lipinski definition) is 0. The van der Waals surface area contributed by atoms with Crippen molar-refractivity contribution in [3.63, 3.8) is 0 Å². The molecule has 0 amide bonds. The van der Waals surface area contributed by atoms with E-state index >= 15 is 0 Å².